The Morgan fingerprint density at radius 3 is 2.63 bits per heavy atom. The van der Waals surface area contributed by atoms with Crippen molar-refractivity contribution in [2.75, 3.05) is 39.3 Å². The first-order valence-corrected chi connectivity index (χ1v) is 8.01. The molecule has 3 aliphatic heterocycles. The van der Waals surface area contributed by atoms with Gasteiger partial charge in [-0.25, -0.2) is 0 Å². The van der Waals surface area contributed by atoms with Crippen LogP contribution >= 0.6 is 0 Å². The van der Waals surface area contributed by atoms with E-state index in [4.69, 9.17) is 5.73 Å². The fourth-order valence-corrected chi connectivity index (χ4v) is 4.26. The predicted octanol–water partition coefficient (Wildman–Crippen LogP) is 0.338. The Kier molecular flexibility index (Phi) is 3.63. The topological polar surface area (TPSA) is 44.5 Å². The van der Waals surface area contributed by atoms with Gasteiger partial charge in [0, 0.05) is 55.6 Å². The molecule has 3 unspecified atom stereocenters. The van der Waals surface area contributed by atoms with Crippen LogP contribution < -0.4 is 11.1 Å². The summed E-state index contributed by atoms with van der Waals surface area (Å²) in [6.45, 7) is 14.2. The largest absolute Gasteiger partial charge is 0.327 e. The van der Waals surface area contributed by atoms with Gasteiger partial charge in [0.2, 0.25) is 0 Å². The molecule has 0 bridgehead atoms. The van der Waals surface area contributed by atoms with Crippen LogP contribution in [-0.4, -0.2) is 67.2 Å². The third kappa shape index (κ3) is 2.23. The van der Waals surface area contributed by atoms with E-state index in [0.29, 0.717) is 29.5 Å². The van der Waals surface area contributed by atoms with Gasteiger partial charge in [0.05, 0.1) is 0 Å². The van der Waals surface area contributed by atoms with E-state index in [1.807, 2.05) is 0 Å². The van der Waals surface area contributed by atoms with E-state index < -0.39 is 0 Å². The van der Waals surface area contributed by atoms with Crippen molar-refractivity contribution in [3.8, 4) is 0 Å². The van der Waals surface area contributed by atoms with E-state index in [-0.39, 0.29) is 0 Å². The Hall–Kier alpha value is -0.160. The van der Waals surface area contributed by atoms with Crippen LogP contribution in [0.3, 0.4) is 0 Å². The van der Waals surface area contributed by atoms with Gasteiger partial charge in [0.1, 0.15) is 0 Å². The smallest absolute Gasteiger partial charge is 0.0239 e. The van der Waals surface area contributed by atoms with E-state index in [9.17, 15) is 0 Å². The van der Waals surface area contributed by atoms with Gasteiger partial charge in [-0.1, -0.05) is 6.92 Å². The molecule has 0 aliphatic carbocycles. The van der Waals surface area contributed by atoms with E-state index in [1.165, 1.54) is 45.7 Å². The summed E-state index contributed by atoms with van der Waals surface area (Å²) in [4.78, 5) is 5.17. The SMILES string of the molecule is CCN1CCC(N)C(C2NCC23CN(C(C)C)C3)C1. The standard InChI is InChI=1S/C15H30N4/c1-4-18-6-5-13(16)12(7-18)14-15(8-17-14)9-19(10-15)11(2)3/h11-14,17H,4-10,16H2,1-3H3. The van der Waals surface area contributed by atoms with E-state index in [2.05, 4.69) is 35.9 Å². The van der Waals surface area contributed by atoms with Crippen molar-refractivity contribution in [3.63, 3.8) is 0 Å². The number of likely N-dealkylation sites (tertiary alicyclic amines) is 2. The molecule has 0 aromatic heterocycles. The van der Waals surface area contributed by atoms with Crippen LogP contribution in [0.1, 0.15) is 27.2 Å². The van der Waals surface area contributed by atoms with E-state index >= 15 is 0 Å². The minimum atomic E-state index is 0.394. The number of hydrogen-bond acceptors (Lipinski definition) is 4. The average molecular weight is 266 g/mol. The van der Waals surface area contributed by atoms with E-state index in [0.717, 1.165) is 0 Å². The zero-order chi connectivity index (χ0) is 13.6. The Balaban J connectivity index is 1.63. The number of rotatable bonds is 3. The minimum absolute atomic E-state index is 0.394. The highest BCUT2D eigenvalue weighted by Crippen LogP contribution is 2.44. The van der Waals surface area contributed by atoms with Crippen molar-refractivity contribution in [2.24, 2.45) is 17.1 Å². The van der Waals surface area contributed by atoms with Gasteiger partial charge in [0.25, 0.3) is 0 Å². The third-order valence-electron chi connectivity index (χ3n) is 5.77. The highest BCUT2D eigenvalue weighted by Gasteiger charge is 2.58. The van der Waals surface area contributed by atoms with Crippen molar-refractivity contribution in [1.82, 2.24) is 15.1 Å². The summed E-state index contributed by atoms with van der Waals surface area (Å²) < 4.78 is 0. The van der Waals surface area contributed by atoms with Gasteiger partial charge in [-0.2, -0.15) is 0 Å². The molecular weight excluding hydrogens is 236 g/mol. The summed E-state index contributed by atoms with van der Waals surface area (Å²) in [6, 6.07) is 1.75. The fourth-order valence-electron chi connectivity index (χ4n) is 4.26. The monoisotopic (exact) mass is 266 g/mol. The van der Waals surface area contributed by atoms with Crippen LogP contribution in [0.4, 0.5) is 0 Å². The highest BCUT2D eigenvalue weighted by molar-refractivity contribution is 5.15. The normalized spacial score (nSPS) is 39.3. The minimum Gasteiger partial charge on any atom is -0.327 e. The molecule has 0 radical (unpaired) electrons. The lowest BCUT2D eigenvalue weighted by Crippen LogP contribution is -2.80. The zero-order valence-corrected chi connectivity index (χ0v) is 12.7. The molecule has 110 valence electrons. The first-order valence-electron chi connectivity index (χ1n) is 8.01. The third-order valence-corrected chi connectivity index (χ3v) is 5.77. The van der Waals surface area contributed by atoms with Crippen molar-refractivity contribution >= 4 is 0 Å². The number of hydrogen-bond donors (Lipinski definition) is 2. The van der Waals surface area contributed by atoms with Gasteiger partial charge in [0.15, 0.2) is 0 Å². The second kappa shape index (κ2) is 4.99. The van der Waals surface area contributed by atoms with Crippen molar-refractivity contribution in [1.29, 1.82) is 0 Å². The molecule has 0 amide bonds. The highest BCUT2D eigenvalue weighted by atomic mass is 15.3. The molecule has 3 saturated heterocycles. The molecule has 4 heteroatoms. The molecule has 0 saturated carbocycles. The number of piperidine rings is 1. The second-order valence-corrected chi connectivity index (χ2v) is 7.23. The molecule has 3 aliphatic rings. The molecule has 0 aromatic carbocycles. The van der Waals surface area contributed by atoms with Gasteiger partial charge in [-0.3, -0.25) is 4.90 Å². The number of nitrogens with zero attached hydrogens (tertiary/aromatic N) is 2. The Bertz CT molecular complexity index is 324. The molecule has 3 rings (SSSR count). The van der Waals surface area contributed by atoms with Gasteiger partial charge >= 0.3 is 0 Å². The van der Waals surface area contributed by atoms with Gasteiger partial charge in [-0.05, 0) is 33.4 Å². The summed E-state index contributed by atoms with van der Waals surface area (Å²) in [5, 5.41) is 3.71. The molecule has 3 N–H and O–H groups in total. The van der Waals surface area contributed by atoms with Crippen LogP contribution in [0.5, 0.6) is 0 Å². The van der Waals surface area contributed by atoms with Gasteiger partial charge < -0.3 is 16.0 Å². The van der Waals surface area contributed by atoms with Crippen LogP contribution in [0.15, 0.2) is 0 Å². The molecule has 0 aromatic rings. The molecule has 3 heterocycles. The summed E-state index contributed by atoms with van der Waals surface area (Å²) in [5.74, 6) is 0.650. The molecule has 19 heavy (non-hydrogen) atoms. The zero-order valence-electron chi connectivity index (χ0n) is 12.7. The van der Waals surface area contributed by atoms with Crippen molar-refractivity contribution in [2.45, 2.75) is 45.3 Å². The maximum Gasteiger partial charge on any atom is 0.0239 e. The van der Waals surface area contributed by atoms with Crippen LogP contribution in [-0.2, 0) is 0 Å². The number of nitrogens with one attached hydrogen (secondary N) is 1. The summed E-state index contributed by atoms with van der Waals surface area (Å²) >= 11 is 0. The lowest BCUT2D eigenvalue weighted by atomic mass is 9.61. The first kappa shape index (κ1) is 13.8. The molecular formula is C15H30N4. The predicted molar refractivity (Wildman–Crippen MR) is 79.1 cm³/mol. The number of nitrogens with two attached hydrogens (primary N) is 1. The summed E-state index contributed by atoms with van der Waals surface area (Å²) in [6.07, 6.45) is 1.17. The summed E-state index contributed by atoms with van der Waals surface area (Å²) in [5.41, 5.74) is 6.97. The Morgan fingerprint density at radius 1 is 1.37 bits per heavy atom. The maximum absolute atomic E-state index is 6.42. The lowest BCUT2D eigenvalue weighted by molar-refractivity contribution is -0.120. The lowest BCUT2D eigenvalue weighted by Gasteiger charge is -2.65. The fraction of sp³-hybridized carbons (Fsp3) is 1.00. The maximum atomic E-state index is 6.42. The molecule has 3 fully saturated rings. The van der Waals surface area contributed by atoms with Crippen molar-refractivity contribution in [3.05, 3.63) is 0 Å². The van der Waals surface area contributed by atoms with Crippen molar-refractivity contribution < 1.29 is 0 Å². The molecule has 1 spiro atoms. The molecule has 4 nitrogen and oxygen atoms in total. The average Bonchev–Trinajstić information content (AvgIpc) is 2.28. The molecule has 3 atom stereocenters. The first-order chi connectivity index (χ1) is 9.05. The van der Waals surface area contributed by atoms with Gasteiger partial charge in [-0.15, -0.1) is 0 Å². The second-order valence-electron chi connectivity index (χ2n) is 7.23. The van der Waals surface area contributed by atoms with Crippen LogP contribution in [0.25, 0.3) is 0 Å². The van der Waals surface area contributed by atoms with E-state index in [1.54, 1.807) is 0 Å². The Labute approximate surface area is 117 Å². The summed E-state index contributed by atoms with van der Waals surface area (Å²) in [7, 11) is 0. The Morgan fingerprint density at radius 2 is 2.11 bits per heavy atom. The van der Waals surface area contributed by atoms with Crippen LogP contribution in [0.2, 0.25) is 0 Å². The van der Waals surface area contributed by atoms with Crippen LogP contribution in [0, 0.1) is 11.3 Å². The quantitative estimate of drug-likeness (QED) is 0.773.